The van der Waals surface area contributed by atoms with Crippen LogP contribution >= 0.6 is 23.1 Å². The SMILES string of the molecule is O=C1NCCN1C(=O)N1CCS[C@@H](c2cccs2)CC1. The average molecular weight is 311 g/mol. The molecule has 0 aliphatic carbocycles. The van der Waals surface area contributed by atoms with Crippen molar-refractivity contribution in [3.8, 4) is 0 Å². The lowest BCUT2D eigenvalue weighted by Gasteiger charge is -2.24. The number of thioether (sulfide) groups is 1. The molecule has 0 radical (unpaired) electrons. The molecule has 3 heterocycles. The van der Waals surface area contributed by atoms with Crippen LogP contribution < -0.4 is 5.32 Å². The lowest BCUT2D eigenvalue weighted by molar-refractivity contribution is 0.166. The number of urea groups is 2. The summed E-state index contributed by atoms with van der Waals surface area (Å²) in [6.07, 6.45) is 0.951. The number of nitrogens with zero attached hydrogens (tertiary/aromatic N) is 2. The molecule has 108 valence electrons. The van der Waals surface area contributed by atoms with Crippen LogP contribution in [-0.4, -0.2) is 53.8 Å². The molecule has 3 rings (SSSR count). The fourth-order valence-electron chi connectivity index (χ4n) is 2.49. The second-order valence-electron chi connectivity index (χ2n) is 4.82. The Bertz CT molecular complexity index is 492. The molecule has 2 fully saturated rings. The van der Waals surface area contributed by atoms with Crippen LogP contribution in [0.2, 0.25) is 0 Å². The highest BCUT2D eigenvalue weighted by Crippen LogP contribution is 2.36. The van der Waals surface area contributed by atoms with E-state index in [0.29, 0.717) is 18.3 Å². The minimum atomic E-state index is -0.262. The summed E-state index contributed by atoms with van der Waals surface area (Å²) in [6, 6.07) is 3.82. The van der Waals surface area contributed by atoms with Crippen molar-refractivity contribution in [3.63, 3.8) is 0 Å². The number of hydrogen-bond acceptors (Lipinski definition) is 4. The predicted molar refractivity (Wildman–Crippen MR) is 81.2 cm³/mol. The van der Waals surface area contributed by atoms with Crippen LogP contribution in [0.15, 0.2) is 17.5 Å². The number of amides is 4. The Kier molecular flexibility index (Phi) is 4.16. The van der Waals surface area contributed by atoms with Crippen molar-refractivity contribution < 1.29 is 9.59 Å². The van der Waals surface area contributed by atoms with Gasteiger partial charge in [0.05, 0.1) is 0 Å². The first-order valence-corrected chi connectivity index (χ1v) is 8.68. The van der Waals surface area contributed by atoms with Crippen molar-refractivity contribution in [3.05, 3.63) is 22.4 Å². The largest absolute Gasteiger partial charge is 0.336 e. The number of thiophene rings is 1. The molecule has 2 aliphatic heterocycles. The minimum absolute atomic E-state index is 0.146. The third-order valence-electron chi connectivity index (χ3n) is 3.56. The van der Waals surface area contributed by atoms with E-state index in [2.05, 4.69) is 22.8 Å². The van der Waals surface area contributed by atoms with E-state index in [1.807, 2.05) is 16.7 Å². The molecule has 1 N–H and O–H groups in total. The van der Waals surface area contributed by atoms with E-state index in [4.69, 9.17) is 0 Å². The first-order valence-electron chi connectivity index (χ1n) is 6.75. The molecule has 0 bridgehead atoms. The molecule has 2 saturated heterocycles. The van der Waals surface area contributed by atoms with Crippen molar-refractivity contribution in [2.24, 2.45) is 0 Å². The summed E-state index contributed by atoms with van der Waals surface area (Å²) in [4.78, 5) is 28.4. The summed E-state index contributed by atoms with van der Waals surface area (Å²) in [5.74, 6) is 0.920. The van der Waals surface area contributed by atoms with E-state index in [-0.39, 0.29) is 12.1 Å². The van der Waals surface area contributed by atoms with Gasteiger partial charge in [0.1, 0.15) is 0 Å². The first-order chi connectivity index (χ1) is 9.75. The smallest absolute Gasteiger partial charge is 0.328 e. The first kappa shape index (κ1) is 13.8. The van der Waals surface area contributed by atoms with Crippen LogP contribution in [0.1, 0.15) is 16.5 Å². The third kappa shape index (κ3) is 2.78. The number of carbonyl (C=O) groups is 2. The zero-order chi connectivity index (χ0) is 13.9. The van der Waals surface area contributed by atoms with E-state index in [0.717, 1.165) is 25.3 Å². The standard InChI is InChI=1S/C13H17N3O2S2/c17-12-14-4-6-16(12)13(18)15-5-3-11(20-9-7-15)10-2-1-8-19-10/h1-2,8,11H,3-7,9H2,(H,14,17)/t11-/m1/s1. The van der Waals surface area contributed by atoms with Crippen LogP contribution in [0.5, 0.6) is 0 Å². The molecule has 0 aromatic carbocycles. The van der Waals surface area contributed by atoms with Gasteiger partial charge in [0.25, 0.3) is 0 Å². The second-order valence-corrected chi connectivity index (χ2v) is 7.11. The lowest BCUT2D eigenvalue weighted by Crippen LogP contribution is -2.45. The monoisotopic (exact) mass is 311 g/mol. The highest BCUT2D eigenvalue weighted by molar-refractivity contribution is 7.99. The molecule has 0 unspecified atom stereocenters. The Hall–Kier alpha value is -1.21. The molecule has 2 aliphatic rings. The van der Waals surface area contributed by atoms with Gasteiger partial charge >= 0.3 is 12.1 Å². The maximum Gasteiger partial charge on any atom is 0.328 e. The van der Waals surface area contributed by atoms with Gasteiger partial charge < -0.3 is 10.2 Å². The van der Waals surface area contributed by atoms with Crippen LogP contribution in [-0.2, 0) is 0 Å². The van der Waals surface area contributed by atoms with Crippen LogP contribution in [0.4, 0.5) is 9.59 Å². The fraction of sp³-hybridized carbons (Fsp3) is 0.538. The summed E-state index contributed by atoms with van der Waals surface area (Å²) in [7, 11) is 0. The molecule has 0 saturated carbocycles. The summed E-state index contributed by atoms with van der Waals surface area (Å²) in [5.41, 5.74) is 0. The van der Waals surface area contributed by atoms with Crippen molar-refractivity contribution in [1.29, 1.82) is 0 Å². The van der Waals surface area contributed by atoms with E-state index in [1.54, 1.807) is 11.3 Å². The number of rotatable bonds is 1. The van der Waals surface area contributed by atoms with Gasteiger partial charge in [-0.3, -0.25) is 0 Å². The molecule has 0 spiro atoms. The van der Waals surface area contributed by atoms with E-state index in [9.17, 15) is 9.59 Å². The fourth-order valence-corrected chi connectivity index (χ4v) is 4.73. The Morgan fingerprint density at radius 1 is 1.35 bits per heavy atom. The topological polar surface area (TPSA) is 52.7 Å². The van der Waals surface area contributed by atoms with Crippen LogP contribution in [0.3, 0.4) is 0 Å². The molecule has 20 heavy (non-hydrogen) atoms. The van der Waals surface area contributed by atoms with Crippen molar-refractivity contribution in [2.45, 2.75) is 11.7 Å². The van der Waals surface area contributed by atoms with E-state index in [1.165, 1.54) is 9.78 Å². The summed E-state index contributed by atoms with van der Waals surface area (Å²) in [6.45, 7) is 2.48. The van der Waals surface area contributed by atoms with Crippen LogP contribution in [0, 0.1) is 0 Å². The molecule has 1 atom stereocenters. The van der Waals surface area contributed by atoms with E-state index >= 15 is 0 Å². The predicted octanol–water partition coefficient (Wildman–Crippen LogP) is 2.37. The molecular weight excluding hydrogens is 294 g/mol. The number of nitrogens with one attached hydrogen (secondary N) is 1. The van der Waals surface area contributed by atoms with Crippen molar-refractivity contribution in [2.75, 3.05) is 31.9 Å². The minimum Gasteiger partial charge on any atom is -0.336 e. The zero-order valence-electron chi connectivity index (χ0n) is 11.1. The van der Waals surface area contributed by atoms with E-state index < -0.39 is 0 Å². The third-order valence-corrected chi connectivity index (χ3v) is 6.01. The van der Waals surface area contributed by atoms with Gasteiger partial charge in [-0.05, 0) is 17.9 Å². The number of hydrogen-bond donors (Lipinski definition) is 1. The summed E-state index contributed by atoms with van der Waals surface area (Å²) >= 11 is 3.68. The Labute approximate surface area is 126 Å². The number of carbonyl (C=O) groups excluding carboxylic acids is 2. The van der Waals surface area contributed by atoms with Gasteiger partial charge in [-0.15, -0.1) is 11.3 Å². The van der Waals surface area contributed by atoms with Gasteiger partial charge in [-0.25, -0.2) is 14.5 Å². The highest BCUT2D eigenvalue weighted by atomic mass is 32.2. The van der Waals surface area contributed by atoms with Crippen molar-refractivity contribution >= 4 is 35.2 Å². The normalized spacial score (nSPS) is 23.6. The highest BCUT2D eigenvalue weighted by Gasteiger charge is 2.31. The quantitative estimate of drug-likeness (QED) is 0.866. The summed E-state index contributed by atoms with van der Waals surface area (Å²) < 4.78 is 0. The molecular formula is C13H17N3O2S2. The van der Waals surface area contributed by atoms with Gasteiger partial charge in [0.15, 0.2) is 0 Å². The molecule has 1 aromatic rings. The average Bonchev–Trinajstić information content (AvgIpc) is 3.05. The molecule has 5 nitrogen and oxygen atoms in total. The van der Waals surface area contributed by atoms with Crippen LogP contribution in [0.25, 0.3) is 0 Å². The number of imide groups is 1. The molecule has 4 amide bonds. The molecule has 1 aromatic heterocycles. The Morgan fingerprint density at radius 2 is 2.25 bits per heavy atom. The molecule has 7 heteroatoms. The Morgan fingerprint density at radius 3 is 2.95 bits per heavy atom. The lowest BCUT2D eigenvalue weighted by atomic mass is 10.2. The van der Waals surface area contributed by atoms with Gasteiger partial charge in [0.2, 0.25) is 0 Å². The van der Waals surface area contributed by atoms with Gasteiger partial charge in [-0.1, -0.05) is 6.07 Å². The maximum atomic E-state index is 12.3. The Balaban J connectivity index is 1.62. The maximum absolute atomic E-state index is 12.3. The van der Waals surface area contributed by atoms with Gasteiger partial charge in [-0.2, -0.15) is 11.8 Å². The second kappa shape index (κ2) is 6.05. The van der Waals surface area contributed by atoms with Gasteiger partial charge in [0, 0.05) is 42.1 Å². The summed E-state index contributed by atoms with van der Waals surface area (Å²) in [5, 5.41) is 5.24. The van der Waals surface area contributed by atoms with Crippen molar-refractivity contribution in [1.82, 2.24) is 15.1 Å². The zero-order valence-corrected chi connectivity index (χ0v) is 12.7.